The number of rotatable bonds is 8. The second kappa shape index (κ2) is 8.41. The van der Waals surface area contributed by atoms with Crippen LogP contribution in [0.1, 0.15) is 44.7 Å². The van der Waals surface area contributed by atoms with Gasteiger partial charge in [0.25, 0.3) is 5.91 Å². The number of ether oxygens (including phenoxy) is 1. The van der Waals surface area contributed by atoms with Crippen LogP contribution in [0.2, 0.25) is 0 Å². The number of benzene rings is 1. The van der Waals surface area contributed by atoms with Gasteiger partial charge in [-0.2, -0.15) is 0 Å². The van der Waals surface area contributed by atoms with E-state index in [0.717, 1.165) is 23.3 Å². The third kappa shape index (κ3) is 4.07. The van der Waals surface area contributed by atoms with E-state index in [0.29, 0.717) is 24.4 Å². The number of hydrogen-bond donors (Lipinski definition) is 1. The molecule has 1 fully saturated rings. The van der Waals surface area contributed by atoms with Crippen LogP contribution in [0.15, 0.2) is 18.2 Å². The lowest BCUT2D eigenvalue weighted by atomic mass is 9.90. The molecule has 7 nitrogen and oxygen atoms in total. The van der Waals surface area contributed by atoms with Crippen molar-refractivity contribution < 1.29 is 19.1 Å². The summed E-state index contributed by atoms with van der Waals surface area (Å²) in [5.74, 6) is 0.0715. The van der Waals surface area contributed by atoms with Crippen LogP contribution in [0.3, 0.4) is 0 Å². The quantitative estimate of drug-likeness (QED) is 0.708. The zero-order valence-corrected chi connectivity index (χ0v) is 16.8. The first-order valence-corrected chi connectivity index (χ1v) is 9.35. The van der Waals surface area contributed by atoms with E-state index in [1.807, 2.05) is 19.9 Å². The SMILES string of the molecule is CCCCN(CC)C(=O)CN1C(=O)NC(C)(c2ccc(OC)c(C)c2)C1=O. The maximum absolute atomic E-state index is 13.0. The highest BCUT2D eigenvalue weighted by Gasteiger charge is 2.49. The molecule has 1 saturated heterocycles. The Balaban J connectivity index is 2.20. The number of carbonyl (C=O) groups is 3. The fraction of sp³-hybridized carbons (Fsp3) is 0.550. The van der Waals surface area contributed by atoms with Gasteiger partial charge in [0.2, 0.25) is 5.91 Å². The van der Waals surface area contributed by atoms with E-state index in [1.54, 1.807) is 31.1 Å². The number of nitrogens with one attached hydrogen (secondary N) is 1. The van der Waals surface area contributed by atoms with Gasteiger partial charge in [-0.1, -0.05) is 19.4 Å². The van der Waals surface area contributed by atoms with Crippen LogP contribution in [0.5, 0.6) is 5.75 Å². The largest absolute Gasteiger partial charge is 0.496 e. The van der Waals surface area contributed by atoms with Gasteiger partial charge in [0.15, 0.2) is 0 Å². The summed E-state index contributed by atoms with van der Waals surface area (Å²) in [5, 5.41) is 2.74. The number of hydrogen-bond acceptors (Lipinski definition) is 4. The Hall–Kier alpha value is -2.57. The van der Waals surface area contributed by atoms with E-state index >= 15 is 0 Å². The number of aryl methyl sites for hydroxylation is 1. The van der Waals surface area contributed by atoms with E-state index < -0.39 is 17.5 Å². The number of methoxy groups -OCH3 is 1. The molecule has 0 bridgehead atoms. The molecule has 4 amide bonds. The van der Waals surface area contributed by atoms with Crippen molar-refractivity contribution in [3.8, 4) is 5.75 Å². The molecular weight excluding hydrogens is 346 g/mol. The van der Waals surface area contributed by atoms with Gasteiger partial charge in [-0.3, -0.25) is 14.5 Å². The highest BCUT2D eigenvalue weighted by molar-refractivity contribution is 6.09. The molecule has 7 heteroatoms. The van der Waals surface area contributed by atoms with Gasteiger partial charge in [0, 0.05) is 13.1 Å². The van der Waals surface area contributed by atoms with Gasteiger partial charge in [0.05, 0.1) is 7.11 Å². The minimum Gasteiger partial charge on any atom is -0.496 e. The molecule has 0 saturated carbocycles. The van der Waals surface area contributed by atoms with E-state index in [2.05, 4.69) is 12.2 Å². The van der Waals surface area contributed by atoms with E-state index in [9.17, 15) is 14.4 Å². The average Bonchev–Trinajstić information content (AvgIpc) is 2.86. The van der Waals surface area contributed by atoms with Crippen LogP contribution >= 0.6 is 0 Å². The van der Waals surface area contributed by atoms with Crippen LogP contribution < -0.4 is 10.1 Å². The number of unbranched alkanes of at least 4 members (excludes halogenated alkanes) is 1. The van der Waals surface area contributed by atoms with Crippen LogP contribution in [0.25, 0.3) is 0 Å². The highest BCUT2D eigenvalue weighted by atomic mass is 16.5. The zero-order chi connectivity index (χ0) is 20.2. The van der Waals surface area contributed by atoms with Crippen molar-refractivity contribution in [2.45, 2.75) is 46.1 Å². The zero-order valence-electron chi connectivity index (χ0n) is 16.8. The van der Waals surface area contributed by atoms with E-state index in [-0.39, 0.29) is 12.5 Å². The van der Waals surface area contributed by atoms with Crippen molar-refractivity contribution in [2.24, 2.45) is 0 Å². The molecule has 0 aliphatic carbocycles. The smallest absolute Gasteiger partial charge is 0.325 e. The summed E-state index contributed by atoms with van der Waals surface area (Å²) < 4.78 is 5.26. The summed E-state index contributed by atoms with van der Waals surface area (Å²) in [7, 11) is 1.58. The number of likely N-dealkylation sites (N-methyl/N-ethyl adjacent to an activating group) is 1. The maximum Gasteiger partial charge on any atom is 0.325 e. The van der Waals surface area contributed by atoms with Gasteiger partial charge < -0.3 is 15.0 Å². The van der Waals surface area contributed by atoms with E-state index in [4.69, 9.17) is 4.74 Å². The van der Waals surface area contributed by atoms with Crippen LogP contribution in [-0.2, 0) is 15.1 Å². The van der Waals surface area contributed by atoms with Gasteiger partial charge in [-0.05, 0) is 50.5 Å². The minimum absolute atomic E-state index is 0.218. The molecule has 1 aromatic carbocycles. The molecule has 1 N–H and O–H groups in total. The van der Waals surface area contributed by atoms with Gasteiger partial charge in [-0.25, -0.2) is 4.79 Å². The number of carbonyl (C=O) groups excluding carboxylic acids is 3. The summed E-state index contributed by atoms with van der Waals surface area (Å²) in [4.78, 5) is 40.7. The third-order valence-electron chi connectivity index (χ3n) is 5.06. The predicted molar refractivity (Wildman–Crippen MR) is 102 cm³/mol. The molecule has 1 aliphatic rings. The van der Waals surface area contributed by atoms with Crippen molar-refractivity contribution in [3.63, 3.8) is 0 Å². The van der Waals surface area contributed by atoms with Crippen molar-refractivity contribution in [1.29, 1.82) is 0 Å². The maximum atomic E-state index is 13.0. The topological polar surface area (TPSA) is 79.0 Å². The molecule has 1 heterocycles. The van der Waals surface area contributed by atoms with Gasteiger partial charge in [0.1, 0.15) is 17.8 Å². The lowest BCUT2D eigenvalue weighted by Gasteiger charge is -2.25. The summed E-state index contributed by atoms with van der Waals surface area (Å²) >= 11 is 0. The monoisotopic (exact) mass is 375 g/mol. The third-order valence-corrected chi connectivity index (χ3v) is 5.06. The molecule has 148 valence electrons. The molecule has 0 spiro atoms. The molecule has 0 aromatic heterocycles. The second-order valence-corrected chi connectivity index (χ2v) is 6.96. The molecule has 1 aliphatic heterocycles. The predicted octanol–water partition coefficient (Wildman–Crippen LogP) is 2.42. The minimum atomic E-state index is -1.20. The number of urea groups is 1. The molecule has 1 aromatic rings. The fourth-order valence-corrected chi connectivity index (χ4v) is 3.27. The normalized spacial score (nSPS) is 19.2. The Morgan fingerprint density at radius 3 is 2.56 bits per heavy atom. The lowest BCUT2D eigenvalue weighted by Crippen LogP contribution is -2.44. The van der Waals surface area contributed by atoms with Crippen molar-refractivity contribution >= 4 is 17.8 Å². The van der Waals surface area contributed by atoms with Crippen LogP contribution in [0.4, 0.5) is 4.79 Å². The Morgan fingerprint density at radius 2 is 2.00 bits per heavy atom. The summed E-state index contributed by atoms with van der Waals surface area (Å²) in [6.07, 6.45) is 1.87. The first-order valence-electron chi connectivity index (χ1n) is 9.35. The second-order valence-electron chi connectivity index (χ2n) is 6.96. The Morgan fingerprint density at radius 1 is 1.30 bits per heavy atom. The number of nitrogens with zero attached hydrogens (tertiary/aromatic N) is 2. The van der Waals surface area contributed by atoms with Gasteiger partial charge >= 0.3 is 6.03 Å². The Kier molecular flexibility index (Phi) is 6.46. The van der Waals surface area contributed by atoms with Crippen molar-refractivity contribution in [3.05, 3.63) is 29.3 Å². The van der Waals surface area contributed by atoms with Crippen LogP contribution in [0, 0.1) is 6.92 Å². The Bertz CT molecular complexity index is 734. The number of amides is 4. The van der Waals surface area contributed by atoms with Gasteiger partial charge in [-0.15, -0.1) is 0 Å². The van der Waals surface area contributed by atoms with E-state index in [1.165, 1.54) is 0 Å². The summed E-state index contributed by atoms with van der Waals surface area (Å²) in [5.41, 5.74) is 0.325. The standard InChI is InChI=1S/C20H29N3O4/c1-6-8-11-22(7-2)17(24)13-23-18(25)20(4,21-19(23)26)15-9-10-16(27-5)14(3)12-15/h9-10,12H,6-8,11,13H2,1-5H3,(H,21,26). The molecule has 2 rings (SSSR count). The molecule has 27 heavy (non-hydrogen) atoms. The summed E-state index contributed by atoms with van der Waals surface area (Å²) in [6, 6.07) is 4.81. The molecule has 1 atom stereocenters. The Labute approximate surface area is 160 Å². The summed E-state index contributed by atoms with van der Waals surface area (Å²) in [6.45, 7) is 8.42. The molecule has 0 radical (unpaired) electrons. The number of imide groups is 1. The average molecular weight is 375 g/mol. The lowest BCUT2D eigenvalue weighted by molar-refractivity contribution is -0.138. The fourth-order valence-electron chi connectivity index (χ4n) is 3.27. The van der Waals surface area contributed by atoms with Crippen molar-refractivity contribution in [2.75, 3.05) is 26.7 Å². The van der Waals surface area contributed by atoms with Crippen LogP contribution in [-0.4, -0.2) is 54.4 Å². The molecular formula is C20H29N3O4. The molecule has 1 unspecified atom stereocenters. The first-order chi connectivity index (χ1) is 12.8. The highest BCUT2D eigenvalue weighted by Crippen LogP contribution is 2.31. The van der Waals surface area contributed by atoms with Crippen molar-refractivity contribution in [1.82, 2.24) is 15.1 Å². The first kappa shape index (κ1) is 20.7.